The molecule has 0 aliphatic rings. The van der Waals surface area contributed by atoms with Gasteiger partial charge in [0.25, 0.3) is 0 Å². The van der Waals surface area contributed by atoms with E-state index in [2.05, 4.69) is 15.6 Å². The van der Waals surface area contributed by atoms with Crippen molar-refractivity contribution >= 4 is 5.96 Å². The third-order valence-electron chi connectivity index (χ3n) is 3.80. The predicted octanol–water partition coefficient (Wildman–Crippen LogP) is 3.00. The lowest BCUT2D eigenvalue weighted by Gasteiger charge is -2.12. The fourth-order valence-corrected chi connectivity index (χ4v) is 2.37. The van der Waals surface area contributed by atoms with Crippen LogP contribution < -0.4 is 15.4 Å². The highest BCUT2D eigenvalue weighted by Gasteiger charge is 2.04. The molecule has 0 fully saturated rings. The summed E-state index contributed by atoms with van der Waals surface area (Å²) in [6, 6.07) is 14.3. The number of aliphatic imine (C=N–C) groups is 1. The van der Waals surface area contributed by atoms with Crippen LogP contribution in [0.3, 0.4) is 0 Å². The van der Waals surface area contributed by atoms with E-state index in [-0.39, 0.29) is 6.54 Å². The molecular formula is C20H23FN4O. The van der Waals surface area contributed by atoms with Gasteiger partial charge in [0.15, 0.2) is 5.96 Å². The highest BCUT2D eigenvalue weighted by atomic mass is 19.1. The van der Waals surface area contributed by atoms with Crippen molar-refractivity contribution in [1.29, 1.82) is 5.26 Å². The van der Waals surface area contributed by atoms with Crippen molar-refractivity contribution in [3.8, 4) is 11.8 Å². The van der Waals surface area contributed by atoms with E-state index >= 15 is 0 Å². The lowest BCUT2D eigenvalue weighted by Crippen LogP contribution is -2.38. The van der Waals surface area contributed by atoms with Crippen molar-refractivity contribution in [3.63, 3.8) is 0 Å². The Bertz CT molecular complexity index is 781. The van der Waals surface area contributed by atoms with E-state index in [0.717, 1.165) is 12.2 Å². The first-order chi connectivity index (χ1) is 12.7. The van der Waals surface area contributed by atoms with Crippen LogP contribution in [0.2, 0.25) is 0 Å². The maximum Gasteiger partial charge on any atom is 0.191 e. The predicted molar refractivity (Wildman–Crippen MR) is 101 cm³/mol. The number of hydrogen-bond acceptors (Lipinski definition) is 3. The van der Waals surface area contributed by atoms with Crippen molar-refractivity contribution in [1.82, 2.24) is 10.6 Å². The monoisotopic (exact) mass is 354 g/mol. The molecule has 6 heteroatoms. The summed E-state index contributed by atoms with van der Waals surface area (Å²) >= 11 is 0. The number of rotatable bonds is 7. The largest absolute Gasteiger partial charge is 0.497 e. The maximum absolute atomic E-state index is 13.9. The Morgan fingerprint density at radius 2 is 1.96 bits per heavy atom. The number of methoxy groups -OCH3 is 1. The summed E-state index contributed by atoms with van der Waals surface area (Å²) in [5.74, 6) is 1.05. The van der Waals surface area contributed by atoms with Gasteiger partial charge in [-0.1, -0.05) is 18.2 Å². The van der Waals surface area contributed by atoms with Crippen molar-refractivity contribution in [3.05, 3.63) is 65.0 Å². The maximum atomic E-state index is 13.9. The summed E-state index contributed by atoms with van der Waals surface area (Å²) in [5, 5.41) is 15.2. The summed E-state index contributed by atoms with van der Waals surface area (Å²) in [6.45, 7) is 3.59. The molecule has 136 valence electrons. The highest BCUT2D eigenvalue weighted by molar-refractivity contribution is 5.79. The highest BCUT2D eigenvalue weighted by Crippen LogP contribution is 2.12. The minimum Gasteiger partial charge on any atom is -0.497 e. The molecule has 0 amide bonds. The Morgan fingerprint density at radius 1 is 1.19 bits per heavy atom. The lowest BCUT2D eigenvalue weighted by atomic mass is 10.1. The molecule has 0 heterocycles. The van der Waals surface area contributed by atoms with E-state index in [0.29, 0.717) is 30.2 Å². The number of hydrogen-bond donors (Lipinski definition) is 2. The first-order valence-corrected chi connectivity index (χ1v) is 8.50. The van der Waals surface area contributed by atoms with E-state index < -0.39 is 5.82 Å². The standard InChI is InChI=1S/C20H23FN4O/c1-3-23-20(24-11-10-15-5-8-18(26-2)9-6-15)25-14-17-7-4-16(13-22)12-19(17)21/h4-9,12H,3,10-11,14H2,1-2H3,(H2,23,24,25). The number of nitrogens with zero attached hydrogens (tertiary/aromatic N) is 2. The third kappa shape index (κ3) is 5.78. The van der Waals surface area contributed by atoms with Crippen LogP contribution >= 0.6 is 0 Å². The molecule has 0 aromatic heterocycles. The zero-order valence-corrected chi connectivity index (χ0v) is 15.1. The average Bonchev–Trinajstić information content (AvgIpc) is 2.67. The SMILES string of the molecule is CCNC(=NCc1ccc(C#N)cc1F)NCCc1ccc(OC)cc1. The zero-order valence-electron chi connectivity index (χ0n) is 15.1. The van der Waals surface area contributed by atoms with Crippen LogP contribution in [0, 0.1) is 17.1 Å². The van der Waals surface area contributed by atoms with Gasteiger partial charge in [-0.15, -0.1) is 0 Å². The van der Waals surface area contributed by atoms with E-state index in [9.17, 15) is 4.39 Å². The number of guanidine groups is 1. The summed E-state index contributed by atoms with van der Waals surface area (Å²) in [4.78, 5) is 4.41. The van der Waals surface area contributed by atoms with Gasteiger partial charge in [-0.3, -0.25) is 0 Å². The average molecular weight is 354 g/mol. The van der Waals surface area contributed by atoms with Crippen molar-refractivity contribution in [2.75, 3.05) is 20.2 Å². The smallest absolute Gasteiger partial charge is 0.191 e. The number of nitrogens with one attached hydrogen (secondary N) is 2. The summed E-state index contributed by atoms with van der Waals surface area (Å²) in [5.41, 5.74) is 1.95. The van der Waals surface area contributed by atoms with Gasteiger partial charge in [0, 0.05) is 18.7 Å². The molecule has 0 radical (unpaired) electrons. The summed E-state index contributed by atoms with van der Waals surface area (Å²) in [6.07, 6.45) is 0.833. The minimum absolute atomic E-state index is 0.204. The van der Waals surface area contributed by atoms with Crippen LogP contribution in [-0.4, -0.2) is 26.2 Å². The molecule has 0 unspecified atom stereocenters. The Kier molecular flexibility index (Phi) is 7.44. The van der Waals surface area contributed by atoms with Crippen LogP contribution in [0.15, 0.2) is 47.5 Å². The van der Waals surface area contributed by atoms with Gasteiger partial charge < -0.3 is 15.4 Å². The fraction of sp³-hybridized carbons (Fsp3) is 0.300. The number of benzene rings is 2. The molecule has 2 aromatic rings. The first-order valence-electron chi connectivity index (χ1n) is 8.50. The normalized spacial score (nSPS) is 10.9. The Hall–Kier alpha value is -3.07. The first kappa shape index (κ1) is 19.3. The molecule has 2 N–H and O–H groups in total. The molecule has 2 rings (SSSR count). The molecule has 0 aliphatic carbocycles. The molecule has 5 nitrogen and oxygen atoms in total. The van der Waals surface area contributed by atoms with Crippen molar-refractivity contribution in [2.45, 2.75) is 19.9 Å². The molecule has 26 heavy (non-hydrogen) atoms. The molecule has 0 atom stereocenters. The van der Waals surface area contributed by atoms with Gasteiger partial charge in [0.2, 0.25) is 0 Å². The fourth-order valence-electron chi connectivity index (χ4n) is 2.37. The van der Waals surface area contributed by atoms with Gasteiger partial charge in [-0.25, -0.2) is 9.38 Å². The van der Waals surface area contributed by atoms with Gasteiger partial charge in [-0.05, 0) is 43.2 Å². The van der Waals surface area contributed by atoms with Crippen LogP contribution in [0.1, 0.15) is 23.6 Å². The van der Waals surface area contributed by atoms with Gasteiger partial charge >= 0.3 is 0 Å². The van der Waals surface area contributed by atoms with E-state index in [4.69, 9.17) is 10.00 Å². The third-order valence-corrected chi connectivity index (χ3v) is 3.80. The molecule has 0 saturated heterocycles. The second kappa shape index (κ2) is 10.0. The molecule has 2 aromatic carbocycles. The van der Waals surface area contributed by atoms with Crippen LogP contribution in [0.25, 0.3) is 0 Å². The zero-order chi connectivity index (χ0) is 18.8. The molecule has 0 bridgehead atoms. The van der Waals surface area contributed by atoms with E-state index in [1.165, 1.54) is 11.6 Å². The van der Waals surface area contributed by atoms with Crippen LogP contribution in [-0.2, 0) is 13.0 Å². The molecular weight excluding hydrogens is 331 g/mol. The quantitative estimate of drug-likeness (QED) is 0.592. The van der Waals surface area contributed by atoms with Gasteiger partial charge in [0.1, 0.15) is 11.6 Å². The summed E-state index contributed by atoms with van der Waals surface area (Å²) < 4.78 is 19.1. The molecule has 0 spiro atoms. The van der Waals surface area contributed by atoms with Crippen LogP contribution in [0.5, 0.6) is 5.75 Å². The van der Waals surface area contributed by atoms with Crippen molar-refractivity contribution < 1.29 is 9.13 Å². The Morgan fingerprint density at radius 3 is 2.58 bits per heavy atom. The molecule has 0 aliphatic heterocycles. The lowest BCUT2D eigenvalue weighted by molar-refractivity contribution is 0.414. The Balaban J connectivity index is 1.92. The van der Waals surface area contributed by atoms with Gasteiger partial charge in [-0.2, -0.15) is 5.26 Å². The van der Waals surface area contributed by atoms with Crippen LogP contribution in [0.4, 0.5) is 4.39 Å². The number of halogens is 1. The summed E-state index contributed by atoms with van der Waals surface area (Å²) in [7, 11) is 1.65. The topological polar surface area (TPSA) is 69.4 Å². The number of nitriles is 1. The Labute approximate surface area is 153 Å². The minimum atomic E-state index is -0.415. The van der Waals surface area contributed by atoms with Crippen molar-refractivity contribution in [2.24, 2.45) is 4.99 Å². The van der Waals surface area contributed by atoms with E-state index in [1.807, 2.05) is 37.3 Å². The second-order valence-electron chi connectivity index (χ2n) is 5.64. The van der Waals surface area contributed by atoms with E-state index in [1.54, 1.807) is 19.2 Å². The molecule has 0 saturated carbocycles. The second-order valence-corrected chi connectivity index (χ2v) is 5.64. The number of ether oxygens (including phenoxy) is 1. The van der Waals surface area contributed by atoms with Gasteiger partial charge in [0.05, 0.1) is 25.3 Å².